The van der Waals surface area contributed by atoms with Crippen molar-refractivity contribution in [3.63, 3.8) is 0 Å². The Labute approximate surface area is 160 Å². The van der Waals surface area contributed by atoms with Gasteiger partial charge >= 0.3 is 11.9 Å². The highest BCUT2D eigenvalue weighted by atomic mass is 16.5. The van der Waals surface area contributed by atoms with Crippen LogP contribution < -0.4 is 20.9 Å². The fourth-order valence-electron chi connectivity index (χ4n) is 2.35. The summed E-state index contributed by atoms with van der Waals surface area (Å²) in [5.41, 5.74) is 12.7. The number of rotatable bonds is 4. The first kappa shape index (κ1) is 18.5. The molecule has 7 heteroatoms. The molecule has 0 amide bonds. The lowest BCUT2D eigenvalue weighted by molar-refractivity contribution is 0.0732. The molecule has 3 aromatic rings. The van der Waals surface area contributed by atoms with E-state index in [9.17, 15) is 14.9 Å². The number of ether oxygens (including phenoxy) is 2. The van der Waals surface area contributed by atoms with Crippen LogP contribution in [0.15, 0.2) is 66.7 Å². The monoisotopic (exact) mass is 373 g/mol. The summed E-state index contributed by atoms with van der Waals surface area (Å²) < 4.78 is 10.6. The number of nitrogen functional groups attached to an aromatic ring is 2. The Morgan fingerprint density at radius 1 is 0.714 bits per heavy atom. The van der Waals surface area contributed by atoms with E-state index in [0.717, 1.165) is 0 Å². The number of nitriles is 1. The van der Waals surface area contributed by atoms with Crippen molar-refractivity contribution < 1.29 is 19.1 Å². The van der Waals surface area contributed by atoms with Gasteiger partial charge in [0.2, 0.25) is 0 Å². The molecule has 138 valence electrons. The molecular formula is C21H15N3O4. The number of anilines is 2. The Morgan fingerprint density at radius 3 is 1.46 bits per heavy atom. The molecule has 0 aromatic heterocycles. The van der Waals surface area contributed by atoms with E-state index >= 15 is 0 Å². The number of benzene rings is 3. The minimum absolute atomic E-state index is 0.0214. The van der Waals surface area contributed by atoms with Crippen LogP contribution in [0.2, 0.25) is 0 Å². The number of carbonyl (C=O) groups is 2. The van der Waals surface area contributed by atoms with Crippen LogP contribution in [0.4, 0.5) is 11.4 Å². The molecule has 3 aromatic carbocycles. The first-order valence-electron chi connectivity index (χ1n) is 8.16. The molecule has 0 aliphatic rings. The van der Waals surface area contributed by atoms with Gasteiger partial charge in [0.05, 0.1) is 11.1 Å². The Kier molecular flexibility index (Phi) is 5.23. The lowest BCUT2D eigenvalue weighted by Gasteiger charge is -2.10. The van der Waals surface area contributed by atoms with Gasteiger partial charge in [0.25, 0.3) is 0 Å². The number of hydrogen-bond acceptors (Lipinski definition) is 7. The lowest BCUT2D eigenvalue weighted by atomic mass is 10.1. The van der Waals surface area contributed by atoms with Gasteiger partial charge in [-0.05, 0) is 60.7 Å². The van der Waals surface area contributed by atoms with Crippen LogP contribution in [-0.4, -0.2) is 11.9 Å². The topological polar surface area (TPSA) is 128 Å². The molecule has 0 unspecified atom stereocenters. The summed E-state index contributed by atoms with van der Waals surface area (Å²) >= 11 is 0. The Bertz CT molecular complexity index is 991. The van der Waals surface area contributed by atoms with Gasteiger partial charge in [0.15, 0.2) is 11.5 Å². The van der Waals surface area contributed by atoms with Crippen LogP contribution in [0.25, 0.3) is 0 Å². The van der Waals surface area contributed by atoms with E-state index in [4.69, 9.17) is 20.9 Å². The zero-order valence-corrected chi connectivity index (χ0v) is 14.6. The van der Waals surface area contributed by atoms with E-state index in [1.54, 1.807) is 24.3 Å². The highest BCUT2D eigenvalue weighted by Crippen LogP contribution is 2.29. The summed E-state index contributed by atoms with van der Waals surface area (Å²) in [6.07, 6.45) is 0. The Hall–Kier alpha value is -4.31. The SMILES string of the molecule is N#Cc1c(OC(=O)c2ccc(N)cc2)cccc1OC(=O)c1ccc(N)cc1. The van der Waals surface area contributed by atoms with E-state index < -0.39 is 11.9 Å². The van der Waals surface area contributed by atoms with Gasteiger partial charge in [0, 0.05) is 11.4 Å². The van der Waals surface area contributed by atoms with Crippen molar-refractivity contribution in [2.45, 2.75) is 0 Å². The fourth-order valence-corrected chi connectivity index (χ4v) is 2.35. The molecule has 0 bridgehead atoms. The quantitative estimate of drug-likeness (QED) is 0.408. The maximum absolute atomic E-state index is 12.3. The number of hydrogen-bond donors (Lipinski definition) is 2. The van der Waals surface area contributed by atoms with Gasteiger partial charge in [0.1, 0.15) is 11.6 Å². The van der Waals surface area contributed by atoms with E-state index in [0.29, 0.717) is 11.4 Å². The third-order valence-electron chi connectivity index (χ3n) is 3.80. The number of nitrogens with two attached hydrogens (primary N) is 2. The molecule has 0 radical (unpaired) electrons. The van der Waals surface area contributed by atoms with Crippen molar-refractivity contribution in [3.05, 3.63) is 83.4 Å². The molecule has 0 fully saturated rings. The maximum atomic E-state index is 12.3. The second-order valence-electron chi connectivity index (χ2n) is 5.76. The van der Waals surface area contributed by atoms with E-state index in [1.165, 1.54) is 42.5 Å². The summed E-state index contributed by atoms with van der Waals surface area (Å²) in [4.78, 5) is 24.6. The normalized spacial score (nSPS) is 9.96. The molecule has 0 spiro atoms. The third-order valence-corrected chi connectivity index (χ3v) is 3.80. The van der Waals surface area contributed by atoms with E-state index in [1.807, 2.05) is 6.07 Å². The van der Waals surface area contributed by atoms with Gasteiger partial charge in [-0.25, -0.2) is 9.59 Å². The largest absolute Gasteiger partial charge is 0.421 e. The van der Waals surface area contributed by atoms with Crippen LogP contribution in [0.3, 0.4) is 0 Å². The van der Waals surface area contributed by atoms with Crippen LogP contribution in [0.5, 0.6) is 11.5 Å². The average Bonchev–Trinajstić information content (AvgIpc) is 2.69. The maximum Gasteiger partial charge on any atom is 0.343 e. The first-order chi connectivity index (χ1) is 13.5. The van der Waals surface area contributed by atoms with Gasteiger partial charge in [-0.1, -0.05) is 6.07 Å². The van der Waals surface area contributed by atoms with Crippen molar-refractivity contribution in [2.24, 2.45) is 0 Å². The van der Waals surface area contributed by atoms with Gasteiger partial charge in [-0.3, -0.25) is 0 Å². The molecule has 3 rings (SSSR count). The minimum atomic E-state index is -0.668. The van der Waals surface area contributed by atoms with E-state index in [-0.39, 0.29) is 28.2 Å². The minimum Gasteiger partial charge on any atom is -0.421 e. The van der Waals surface area contributed by atoms with Crippen molar-refractivity contribution in [2.75, 3.05) is 11.5 Å². The second kappa shape index (κ2) is 7.93. The highest BCUT2D eigenvalue weighted by molar-refractivity contribution is 5.93. The van der Waals surface area contributed by atoms with Gasteiger partial charge in [-0.2, -0.15) is 5.26 Å². The molecule has 0 atom stereocenters. The molecule has 0 heterocycles. The van der Waals surface area contributed by atoms with Crippen LogP contribution >= 0.6 is 0 Å². The predicted octanol–water partition coefficient (Wildman–Crippen LogP) is 3.16. The average molecular weight is 373 g/mol. The summed E-state index contributed by atoms with van der Waals surface area (Å²) in [6, 6.07) is 18.6. The number of nitrogens with zero attached hydrogens (tertiary/aromatic N) is 1. The molecule has 0 aliphatic carbocycles. The smallest absolute Gasteiger partial charge is 0.343 e. The number of esters is 2. The number of carbonyl (C=O) groups excluding carboxylic acids is 2. The Morgan fingerprint density at radius 2 is 1.11 bits per heavy atom. The molecule has 0 saturated carbocycles. The molecule has 4 N–H and O–H groups in total. The molecule has 7 nitrogen and oxygen atoms in total. The van der Waals surface area contributed by atoms with Crippen molar-refractivity contribution in [1.82, 2.24) is 0 Å². The predicted molar refractivity (Wildman–Crippen MR) is 103 cm³/mol. The summed E-state index contributed by atoms with van der Waals surface area (Å²) in [5, 5.41) is 9.47. The molecule has 0 saturated heterocycles. The summed E-state index contributed by atoms with van der Waals surface area (Å²) in [7, 11) is 0. The standard InChI is InChI=1S/C21H15N3O4/c22-12-17-18(27-20(25)13-4-8-15(23)9-5-13)2-1-3-19(17)28-21(26)14-6-10-16(24)11-7-14/h1-11H,23-24H2. The molecule has 0 aliphatic heterocycles. The fraction of sp³-hybridized carbons (Fsp3) is 0. The van der Waals surface area contributed by atoms with Crippen LogP contribution in [-0.2, 0) is 0 Å². The van der Waals surface area contributed by atoms with Crippen molar-refractivity contribution in [1.29, 1.82) is 5.26 Å². The zero-order valence-electron chi connectivity index (χ0n) is 14.6. The molecule has 28 heavy (non-hydrogen) atoms. The summed E-state index contributed by atoms with van der Waals surface area (Å²) in [6.45, 7) is 0. The zero-order chi connectivity index (χ0) is 20.1. The second-order valence-corrected chi connectivity index (χ2v) is 5.76. The highest BCUT2D eigenvalue weighted by Gasteiger charge is 2.18. The Balaban J connectivity index is 1.83. The lowest BCUT2D eigenvalue weighted by Crippen LogP contribution is -2.12. The van der Waals surface area contributed by atoms with Crippen LogP contribution in [0.1, 0.15) is 26.3 Å². The van der Waals surface area contributed by atoms with Crippen molar-refractivity contribution >= 4 is 23.3 Å². The van der Waals surface area contributed by atoms with Gasteiger partial charge < -0.3 is 20.9 Å². The first-order valence-corrected chi connectivity index (χ1v) is 8.16. The third kappa shape index (κ3) is 4.08. The van der Waals surface area contributed by atoms with Gasteiger partial charge in [-0.15, -0.1) is 0 Å². The van der Waals surface area contributed by atoms with Crippen LogP contribution in [0, 0.1) is 11.3 Å². The molecular weight excluding hydrogens is 358 g/mol. The summed E-state index contributed by atoms with van der Waals surface area (Å²) in [5.74, 6) is -1.38. The van der Waals surface area contributed by atoms with Crippen molar-refractivity contribution in [3.8, 4) is 17.6 Å². The van der Waals surface area contributed by atoms with E-state index in [2.05, 4.69) is 0 Å².